The summed E-state index contributed by atoms with van der Waals surface area (Å²) >= 11 is 0. The molecule has 11 heteroatoms. The maximum Gasteiger partial charge on any atom is 0.187 e. The van der Waals surface area contributed by atoms with Crippen LogP contribution in [-0.2, 0) is 14.2 Å². The molecular weight excluding hydrogens is 320 g/mol. The van der Waals surface area contributed by atoms with Gasteiger partial charge in [-0.2, -0.15) is 0 Å². The zero-order valence-corrected chi connectivity index (χ0v) is 12.0. The van der Waals surface area contributed by atoms with Gasteiger partial charge in [-0.3, -0.25) is 0 Å². The van der Waals surface area contributed by atoms with E-state index in [1.54, 1.807) is 0 Å². The van der Waals surface area contributed by atoms with Crippen molar-refractivity contribution in [1.29, 1.82) is 0 Å². The van der Waals surface area contributed by atoms with Crippen molar-refractivity contribution in [3.63, 3.8) is 0 Å². The molecule has 0 radical (unpaired) electrons. The molecule has 0 amide bonds. The Morgan fingerprint density at radius 1 is 0.652 bits per heavy atom. The lowest BCUT2D eigenvalue weighted by molar-refractivity contribution is -0.355. The highest BCUT2D eigenvalue weighted by atomic mass is 16.7. The van der Waals surface area contributed by atoms with Crippen LogP contribution in [0.2, 0.25) is 0 Å². The molecule has 2 saturated heterocycles. The van der Waals surface area contributed by atoms with E-state index >= 15 is 0 Å². The molecule has 0 aromatic rings. The maximum absolute atomic E-state index is 9.94. The van der Waals surface area contributed by atoms with Crippen molar-refractivity contribution in [3.05, 3.63) is 0 Å². The lowest BCUT2D eigenvalue weighted by atomic mass is 9.97. The quantitative estimate of drug-likeness (QED) is 0.243. The van der Waals surface area contributed by atoms with Gasteiger partial charge in [-0.05, 0) is 0 Å². The highest BCUT2D eigenvalue weighted by Crippen LogP contribution is 2.28. The van der Waals surface area contributed by atoms with Crippen LogP contribution >= 0.6 is 0 Å². The van der Waals surface area contributed by atoms with Gasteiger partial charge in [0.25, 0.3) is 0 Å². The Balaban J connectivity index is 2.11. The van der Waals surface area contributed by atoms with Gasteiger partial charge >= 0.3 is 0 Å². The van der Waals surface area contributed by atoms with E-state index in [1.165, 1.54) is 0 Å². The van der Waals surface area contributed by atoms with Crippen molar-refractivity contribution >= 4 is 0 Å². The molecule has 2 heterocycles. The molecule has 23 heavy (non-hydrogen) atoms. The minimum absolute atomic E-state index is 0.667. The summed E-state index contributed by atoms with van der Waals surface area (Å²) in [5.74, 6) is 0. The minimum atomic E-state index is -1.74. The summed E-state index contributed by atoms with van der Waals surface area (Å²) in [6.45, 7) is -1.35. The second-order valence-electron chi connectivity index (χ2n) is 5.53. The van der Waals surface area contributed by atoms with Crippen LogP contribution in [0.4, 0.5) is 0 Å². The van der Waals surface area contributed by atoms with Crippen LogP contribution in [-0.4, -0.2) is 115 Å². The average Bonchev–Trinajstić information content (AvgIpc) is 2.55. The van der Waals surface area contributed by atoms with Gasteiger partial charge < -0.3 is 55.1 Å². The second kappa shape index (κ2) is 7.63. The van der Waals surface area contributed by atoms with Gasteiger partial charge in [-0.1, -0.05) is 0 Å². The second-order valence-corrected chi connectivity index (χ2v) is 5.53. The van der Waals surface area contributed by atoms with E-state index in [-0.39, 0.29) is 0 Å². The Labute approximate surface area is 130 Å². The Morgan fingerprint density at radius 2 is 1.26 bits per heavy atom. The normalized spacial score (nSPS) is 51.7. The van der Waals surface area contributed by atoms with Crippen molar-refractivity contribution in [1.82, 2.24) is 0 Å². The number of aliphatic hydroxyl groups is 8. The molecule has 11 nitrogen and oxygen atoms in total. The lowest BCUT2D eigenvalue weighted by Gasteiger charge is -2.45. The molecule has 2 aliphatic rings. The number of ether oxygens (including phenoxy) is 3. The van der Waals surface area contributed by atoms with E-state index < -0.39 is 74.6 Å². The molecule has 2 aliphatic heterocycles. The van der Waals surface area contributed by atoms with Gasteiger partial charge in [-0.15, -0.1) is 0 Å². The standard InChI is InChI=1S/C12H22O11/c13-1-3-5(15)6(16)9(19)12(22-3)23-10-4(2-14)21-11(20)8(18)7(10)17/h3-20H,1-2H2/t3-,4+,5+,6-,7+,8+,9-,10+,11-,12+/m0/s1. The van der Waals surface area contributed by atoms with E-state index in [0.717, 1.165) is 0 Å². The molecule has 8 N–H and O–H groups in total. The van der Waals surface area contributed by atoms with Crippen LogP contribution in [0, 0.1) is 0 Å². The van der Waals surface area contributed by atoms with Gasteiger partial charge in [0.2, 0.25) is 0 Å². The predicted octanol–water partition coefficient (Wildman–Crippen LogP) is -5.40. The fourth-order valence-electron chi connectivity index (χ4n) is 2.57. The van der Waals surface area contributed by atoms with Crippen molar-refractivity contribution < 1.29 is 55.1 Å². The molecule has 0 aliphatic carbocycles. The SMILES string of the molecule is OC[C@@H]1O[C@H](O[C@H]2[C@H](O)[C@@H](O)[C@@H](O)O[C@@H]2CO)[C@@H](O)[C@@H](O)[C@@H]1O. The van der Waals surface area contributed by atoms with Gasteiger partial charge in [0.05, 0.1) is 13.2 Å². The van der Waals surface area contributed by atoms with Gasteiger partial charge in [0.15, 0.2) is 12.6 Å². The highest BCUT2D eigenvalue weighted by molar-refractivity contribution is 4.93. The fourth-order valence-corrected chi connectivity index (χ4v) is 2.57. The smallest absolute Gasteiger partial charge is 0.187 e. The van der Waals surface area contributed by atoms with Gasteiger partial charge in [0, 0.05) is 0 Å². The largest absolute Gasteiger partial charge is 0.394 e. The number of hydrogen-bond donors (Lipinski definition) is 8. The molecule has 0 saturated carbocycles. The summed E-state index contributed by atoms with van der Waals surface area (Å²) in [6, 6.07) is 0. The zero-order chi connectivity index (χ0) is 17.3. The van der Waals surface area contributed by atoms with Crippen LogP contribution in [0.3, 0.4) is 0 Å². The van der Waals surface area contributed by atoms with Crippen molar-refractivity contribution in [2.45, 2.75) is 61.4 Å². The van der Waals surface area contributed by atoms with E-state index in [0.29, 0.717) is 0 Å². The zero-order valence-electron chi connectivity index (χ0n) is 12.0. The number of rotatable bonds is 4. The molecule has 10 atom stereocenters. The molecule has 0 aromatic heterocycles. The lowest BCUT2D eigenvalue weighted by Crippen LogP contribution is -2.64. The molecule has 0 spiro atoms. The van der Waals surface area contributed by atoms with Crippen molar-refractivity contribution in [2.24, 2.45) is 0 Å². The van der Waals surface area contributed by atoms with E-state index in [9.17, 15) is 35.7 Å². The van der Waals surface area contributed by atoms with E-state index in [4.69, 9.17) is 19.3 Å². The monoisotopic (exact) mass is 342 g/mol. The number of aliphatic hydroxyl groups excluding tert-OH is 8. The van der Waals surface area contributed by atoms with Crippen LogP contribution in [0.15, 0.2) is 0 Å². The molecule has 0 unspecified atom stereocenters. The predicted molar refractivity (Wildman–Crippen MR) is 68.6 cm³/mol. The Kier molecular flexibility index (Phi) is 6.27. The average molecular weight is 342 g/mol. The Bertz CT molecular complexity index is 378. The topological polar surface area (TPSA) is 190 Å². The first-order valence-corrected chi connectivity index (χ1v) is 7.08. The fraction of sp³-hybridized carbons (Fsp3) is 1.00. The summed E-state index contributed by atoms with van der Waals surface area (Å²) in [6.07, 6.45) is -15.6. The van der Waals surface area contributed by atoms with E-state index in [2.05, 4.69) is 0 Å². The Morgan fingerprint density at radius 3 is 1.83 bits per heavy atom. The third-order valence-electron chi connectivity index (χ3n) is 3.98. The van der Waals surface area contributed by atoms with Gasteiger partial charge in [0.1, 0.15) is 48.8 Å². The maximum atomic E-state index is 9.94. The van der Waals surface area contributed by atoms with Crippen LogP contribution in [0.5, 0.6) is 0 Å². The first-order valence-electron chi connectivity index (χ1n) is 7.08. The molecule has 2 fully saturated rings. The van der Waals surface area contributed by atoms with Gasteiger partial charge in [-0.25, -0.2) is 0 Å². The third-order valence-corrected chi connectivity index (χ3v) is 3.98. The number of hydrogen-bond acceptors (Lipinski definition) is 11. The highest BCUT2D eigenvalue weighted by Gasteiger charge is 2.50. The molecule has 0 bridgehead atoms. The van der Waals surface area contributed by atoms with E-state index in [1.807, 2.05) is 0 Å². The van der Waals surface area contributed by atoms with Crippen LogP contribution in [0.25, 0.3) is 0 Å². The molecule has 136 valence electrons. The summed E-state index contributed by atoms with van der Waals surface area (Å²) in [7, 11) is 0. The third kappa shape index (κ3) is 3.65. The molecular formula is C12H22O11. The molecule has 0 aromatic carbocycles. The molecule has 2 rings (SSSR count). The van der Waals surface area contributed by atoms with Crippen molar-refractivity contribution in [2.75, 3.05) is 13.2 Å². The van der Waals surface area contributed by atoms with Crippen LogP contribution in [0.1, 0.15) is 0 Å². The summed E-state index contributed by atoms with van der Waals surface area (Å²) in [5.41, 5.74) is 0. The minimum Gasteiger partial charge on any atom is -0.394 e. The first-order chi connectivity index (χ1) is 10.8. The first kappa shape index (κ1) is 18.9. The summed E-state index contributed by atoms with van der Waals surface area (Å²) in [5, 5.41) is 76.5. The Hall–Kier alpha value is -0.440. The summed E-state index contributed by atoms with van der Waals surface area (Å²) in [4.78, 5) is 0. The van der Waals surface area contributed by atoms with Crippen LogP contribution < -0.4 is 0 Å². The van der Waals surface area contributed by atoms with Crippen molar-refractivity contribution in [3.8, 4) is 0 Å². The summed E-state index contributed by atoms with van der Waals surface area (Å²) < 4.78 is 15.3.